The van der Waals surface area contributed by atoms with E-state index >= 15 is 0 Å². The van der Waals surface area contributed by atoms with Crippen LogP contribution >= 0.6 is 12.4 Å². The molecule has 0 spiro atoms. The van der Waals surface area contributed by atoms with E-state index in [2.05, 4.69) is 4.90 Å². The molecule has 3 atom stereocenters. The van der Waals surface area contributed by atoms with Crippen molar-refractivity contribution in [2.45, 2.75) is 55.2 Å². The van der Waals surface area contributed by atoms with E-state index < -0.39 is 16.2 Å². The van der Waals surface area contributed by atoms with Gasteiger partial charge in [-0.25, -0.2) is 0 Å². The van der Waals surface area contributed by atoms with Crippen LogP contribution in [-0.2, 0) is 14.3 Å². The number of nitrogens with zero attached hydrogens (tertiary/aromatic N) is 1. The number of piperidine rings is 1. The summed E-state index contributed by atoms with van der Waals surface area (Å²) < 4.78 is 31.9. The lowest BCUT2D eigenvalue weighted by Crippen LogP contribution is -2.45. The third-order valence-electron chi connectivity index (χ3n) is 6.68. The first-order valence-corrected chi connectivity index (χ1v) is 13.2. The average molecular weight is 514 g/mol. The molecule has 1 aliphatic heterocycles. The first-order chi connectivity index (χ1) is 16.4. The number of Topliss-reactive ketones (excluding diaryl/α,β-unsaturated/α-hetero) is 1. The van der Waals surface area contributed by atoms with Crippen LogP contribution in [0.1, 0.15) is 54.1 Å². The minimum Gasteiger partial charge on any atom is -0.300 e. The average Bonchev–Trinajstić information content (AvgIpc) is 2.87. The third-order valence-corrected chi connectivity index (χ3v) is 8.01. The van der Waals surface area contributed by atoms with Crippen molar-refractivity contribution in [1.82, 2.24) is 4.90 Å². The number of hydrogen-bond acceptors (Lipinski definition) is 5. The zero-order valence-corrected chi connectivity index (χ0v) is 21.5. The van der Waals surface area contributed by atoms with Crippen LogP contribution in [0.3, 0.4) is 0 Å². The van der Waals surface area contributed by atoms with Crippen LogP contribution in [0.4, 0.5) is 0 Å². The quantitative estimate of drug-likeness (QED) is 0.256. The molecule has 1 heterocycles. The van der Waals surface area contributed by atoms with Crippen molar-refractivity contribution < 1.29 is 17.4 Å². The van der Waals surface area contributed by atoms with Crippen LogP contribution in [0.5, 0.6) is 0 Å². The van der Waals surface area contributed by atoms with E-state index in [1.165, 1.54) is 0 Å². The Hall–Kier alpha value is -2.51. The Labute approximate surface area is 214 Å². The van der Waals surface area contributed by atoms with Crippen molar-refractivity contribution in [2.75, 3.05) is 7.05 Å². The van der Waals surface area contributed by atoms with E-state index in [0.717, 1.165) is 30.4 Å². The minimum atomic E-state index is -3.92. The summed E-state index contributed by atoms with van der Waals surface area (Å²) in [4.78, 5) is 15.2. The van der Waals surface area contributed by atoms with Crippen LogP contribution in [0, 0.1) is 0 Å². The number of carbonyl (C=O) groups is 1. The summed E-state index contributed by atoms with van der Waals surface area (Å²) >= 11 is 0. The summed E-state index contributed by atoms with van der Waals surface area (Å²) in [6.45, 7) is 0. The number of hydrogen-bond donors (Lipinski definition) is 0. The number of ketones is 1. The summed E-state index contributed by atoms with van der Waals surface area (Å²) in [6, 6.07) is 27.4. The molecule has 0 bridgehead atoms. The summed E-state index contributed by atoms with van der Waals surface area (Å²) in [5, 5.41) is 0. The molecule has 0 radical (unpaired) electrons. The lowest BCUT2D eigenvalue weighted by molar-refractivity contribution is 0.0626. The van der Waals surface area contributed by atoms with Gasteiger partial charge >= 0.3 is 0 Å². The van der Waals surface area contributed by atoms with E-state index in [9.17, 15) is 13.2 Å². The molecule has 1 fully saturated rings. The van der Waals surface area contributed by atoms with Crippen molar-refractivity contribution in [3.8, 4) is 0 Å². The summed E-state index contributed by atoms with van der Waals surface area (Å²) in [7, 11) is -1.87. The minimum absolute atomic E-state index is 0. The summed E-state index contributed by atoms with van der Waals surface area (Å²) in [5.41, 5.74) is 1.57. The predicted molar refractivity (Wildman–Crippen MR) is 140 cm³/mol. The highest BCUT2D eigenvalue weighted by Crippen LogP contribution is 2.34. The molecule has 7 heteroatoms. The number of halogens is 1. The highest BCUT2D eigenvalue weighted by molar-refractivity contribution is 7.86. The van der Waals surface area contributed by atoms with Gasteiger partial charge in [0, 0.05) is 24.1 Å². The fourth-order valence-electron chi connectivity index (χ4n) is 4.72. The van der Waals surface area contributed by atoms with Gasteiger partial charge in [0.05, 0.1) is 4.90 Å². The fraction of sp³-hybridized carbons (Fsp3) is 0.321. The molecule has 1 aliphatic rings. The third kappa shape index (κ3) is 7.01. The molecule has 0 N–H and O–H groups in total. The molecular weight excluding hydrogens is 482 g/mol. The van der Waals surface area contributed by atoms with Crippen LogP contribution < -0.4 is 0 Å². The predicted octanol–water partition coefficient (Wildman–Crippen LogP) is 6.07. The Morgan fingerprint density at radius 3 is 2.06 bits per heavy atom. The number of likely N-dealkylation sites (tertiary alicyclic amines) is 1. The molecule has 0 saturated carbocycles. The number of rotatable bonds is 9. The van der Waals surface area contributed by atoms with E-state index in [4.69, 9.17) is 4.18 Å². The molecule has 186 valence electrons. The first-order valence-electron chi connectivity index (χ1n) is 11.8. The lowest BCUT2D eigenvalue weighted by Gasteiger charge is -2.40. The van der Waals surface area contributed by atoms with Crippen LogP contribution in [0.15, 0.2) is 95.9 Å². The van der Waals surface area contributed by atoms with Gasteiger partial charge in [0.1, 0.15) is 6.10 Å². The Bertz CT molecular complexity index is 1170. The summed E-state index contributed by atoms with van der Waals surface area (Å²) in [6.07, 6.45) is 3.26. The Morgan fingerprint density at radius 2 is 1.43 bits per heavy atom. The lowest BCUT2D eigenvalue weighted by atomic mass is 9.88. The largest absolute Gasteiger partial charge is 0.300 e. The SMILES string of the molecule is CN1C(CC(=O)c2ccccc2)CCCC1CC(OS(=O)(=O)c1ccccc1)c1ccccc1.Cl. The number of carbonyl (C=O) groups excluding carboxylic acids is 1. The summed E-state index contributed by atoms with van der Waals surface area (Å²) in [5.74, 6) is 0.139. The van der Waals surface area contributed by atoms with Gasteiger partial charge in [-0.1, -0.05) is 85.3 Å². The van der Waals surface area contributed by atoms with Gasteiger partial charge in [-0.3, -0.25) is 13.9 Å². The van der Waals surface area contributed by atoms with Crippen molar-refractivity contribution in [3.05, 3.63) is 102 Å². The van der Waals surface area contributed by atoms with Crippen molar-refractivity contribution in [1.29, 1.82) is 0 Å². The number of benzene rings is 3. The zero-order valence-electron chi connectivity index (χ0n) is 19.8. The zero-order chi connectivity index (χ0) is 24.0. The molecule has 3 aromatic rings. The van der Waals surface area contributed by atoms with Crippen LogP contribution in [0.2, 0.25) is 0 Å². The molecule has 0 aliphatic carbocycles. The van der Waals surface area contributed by atoms with Crippen LogP contribution in [-0.4, -0.2) is 38.2 Å². The van der Waals surface area contributed by atoms with E-state index in [-0.39, 0.29) is 35.2 Å². The maximum Gasteiger partial charge on any atom is 0.297 e. The van der Waals surface area contributed by atoms with Gasteiger partial charge in [-0.2, -0.15) is 8.42 Å². The topological polar surface area (TPSA) is 63.7 Å². The van der Waals surface area contributed by atoms with Crippen molar-refractivity contribution in [2.24, 2.45) is 0 Å². The van der Waals surface area contributed by atoms with Crippen molar-refractivity contribution >= 4 is 28.3 Å². The van der Waals surface area contributed by atoms with E-state index in [1.807, 2.05) is 67.7 Å². The molecule has 4 rings (SSSR count). The maximum absolute atomic E-state index is 13.0. The molecule has 3 aromatic carbocycles. The molecule has 35 heavy (non-hydrogen) atoms. The van der Waals surface area contributed by atoms with E-state index in [1.54, 1.807) is 30.3 Å². The van der Waals surface area contributed by atoms with Gasteiger partial charge in [-0.15, -0.1) is 12.4 Å². The second-order valence-electron chi connectivity index (χ2n) is 8.90. The van der Waals surface area contributed by atoms with Crippen molar-refractivity contribution in [3.63, 3.8) is 0 Å². The van der Waals surface area contributed by atoms with Gasteiger partial charge in [0.15, 0.2) is 5.78 Å². The van der Waals surface area contributed by atoms with Gasteiger partial charge in [0.25, 0.3) is 10.1 Å². The van der Waals surface area contributed by atoms with Gasteiger partial charge in [-0.05, 0) is 44.0 Å². The normalized spacial score (nSPS) is 19.5. The highest BCUT2D eigenvalue weighted by Gasteiger charge is 2.33. The first kappa shape index (κ1) is 27.1. The smallest absolute Gasteiger partial charge is 0.297 e. The molecule has 3 unspecified atom stereocenters. The Balaban J connectivity index is 0.00000342. The fourth-order valence-corrected chi connectivity index (χ4v) is 5.82. The molecule has 1 saturated heterocycles. The second kappa shape index (κ2) is 12.5. The Kier molecular flexibility index (Phi) is 9.63. The maximum atomic E-state index is 13.0. The van der Waals surface area contributed by atoms with E-state index in [0.29, 0.717) is 12.8 Å². The molecule has 5 nitrogen and oxygen atoms in total. The molecular formula is C28H32ClNO4S. The highest BCUT2D eigenvalue weighted by atomic mass is 35.5. The molecule has 0 amide bonds. The Morgan fingerprint density at radius 1 is 0.886 bits per heavy atom. The molecule has 0 aromatic heterocycles. The van der Waals surface area contributed by atoms with Crippen LogP contribution in [0.25, 0.3) is 0 Å². The second-order valence-corrected chi connectivity index (χ2v) is 10.5. The monoisotopic (exact) mass is 513 g/mol. The van der Waals surface area contributed by atoms with Gasteiger partial charge < -0.3 is 0 Å². The standard InChI is InChI=1S/C28H31NO4S.ClH/c1-29-24(20-27(30)22-12-5-2-6-13-22)16-11-17-25(29)21-28(23-14-7-3-8-15-23)33-34(31,32)26-18-9-4-10-19-26;/h2-10,12-15,18-19,24-25,28H,11,16-17,20-21H2,1H3;1H. The van der Waals surface area contributed by atoms with Gasteiger partial charge in [0.2, 0.25) is 0 Å².